The summed E-state index contributed by atoms with van der Waals surface area (Å²) in [5.74, 6) is 0.0295. The van der Waals surface area contributed by atoms with Crippen molar-refractivity contribution in [3.8, 4) is 11.5 Å². The van der Waals surface area contributed by atoms with E-state index in [1.165, 1.54) is 37.7 Å². The van der Waals surface area contributed by atoms with E-state index in [1.54, 1.807) is 35.2 Å². The molecule has 0 radical (unpaired) electrons. The first-order valence-electron chi connectivity index (χ1n) is 9.41. The largest absolute Gasteiger partial charge is 0.493 e. The Morgan fingerprint density at radius 3 is 2.58 bits per heavy atom. The Kier molecular flexibility index (Phi) is 5.81. The van der Waals surface area contributed by atoms with Crippen LogP contribution in [0.1, 0.15) is 27.7 Å². The van der Waals surface area contributed by atoms with Gasteiger partial charge in [-0.15, -0.1) is 10.2 Å². The van der Waals surface area contributed by atoms with Gasteiger partial charge in [0, 0.05) is 30.1 Å². The lowest BCUT2D eigenvalue weighted by molar-refractivity contribution is -0.117. The van der Waals surface area contributed by atoms with Gasteiger partial charge in [-0.25, -0.2) is 4.39 Å². The van der Waals surface area contributed by atoms with Gasteiger partial charge in [0.25, 0.3) is 5.91 Å². The normalized spacial score (nSPS) is 15.8. The Morgan fingerprint density at radius 2 is 1.87 bits per heavy atom. The van der Waals surface area contributed by atoms with Gasteiger partial charge in [0.15, 0.2) is 11.5 Å². The molecular weight excluding hydrogens is 423 g/mol. The van der Waals surface area contributed by atoms with Crippen LogP contribution in [0.15, 0.2) is 42.5 Å². The van der Waals surface area contributed by atoms with Gasteiger partial charge in [-0.05, 0) is 42.5 Å². The predicted molar refractivity (Wildman–Crippen MR) is 114 cm³/mol. The first-order valence-corrected chi connectivity index (χ1v) is 10.2. The van der Waals surface area contributed by atoms with Crippen LogP contribution in [-0.2, 0) is 4.79 Å². The lowest BCUT2D eigenvalue weighted by Crippen LogP contribution is -2.24. The van der Waals surface area contributed by atoms with E-state index in [2.05, 4.69) is 15.5 Å². The Bertz CT molecular complexity index is 1120. The molecule has 0 bridgehead atoms. The highest BCUT2D eigenvalue weighted by Crippen LogP contribution is 2.34. The second kappa shape index (κ2) is 8.68. The van der Waals surface area contributed by atoms with Crippen molar-refractivity contribution < 1.29 is 23.5 Å². The van der Waals surface area contributed by atoms with E-state index in [1.807, 2.05) is 0 Å². The summed E-state index contributed by atoms with van der Waals surface area (Å²) in [6.07, 6.45) is 0.273. The zero-order valence-electron chi connectivity index (χ0n) is 16.8. The van der Waals surface area contributed by atoms with E-state index in [0.29, 0.717) is 39.4 Å². The fraction of sp³-hybridized carbons (Fsp3) is 0.238. The van der Waals surface area contributed by atoms with Crippen LogP contribution >= 0.6 is 11.3 Å². The zero-order chi connectivity index (χ0) is 22.0. The molecule has 1 fully saturated rings. The van der Waals surface area contributed by atoms with Gasteiger partial charge in [0.1, 0.15) is 10.8 Å². The molecule has 2 aromatic carbocycles. The molecule has 1 aliphatic heterocycles. The number of halogens is 1. The number of amides is 2. The maximum Gasteiger partial charge on any atom is 0.257 e. The number of hydrogen-bond acceptors (Lipinski definition) is 7. The molecule has 31 heavy (non-hydrogen) atoms. The standard InChI is InChI=1S/C21H19FN4O4S/c1-29-16-8-3-12(9-17(16)30-2)19(28)23-21-25-24-20(31-21)13-10-18(27)26(11-13)15-6-4-14(22)5-7-15/h3-9,13H,10-11H2,1-2H3,(H,23,25,28). The molecule has 1 aliphatic rings. The number of hydrogen-bond donors (Lipinski definition) is 1. The molecule has 10 heteroatoms. The molecule has 1 unspecified atom stereocenters. The average Bonchev–Trinajstić information content (AvgIpc) is 3.40. The number of nitrogens with one attached hydrogen (secondary N) is 1. The first-order chi connectivity index (χ1) is 15.0. The monoisotopic (exact) mass is 442 g/mol. The number of methoxy groups -OCH3 is 2. The molecule has 0 spiro atoms. The molecule has 8 nitrogen and oxygen atoms in total. The van der Waals surface area contributed by atoms with Crippen LogP contribution in [0.2, 0.25) is 0 Å². The topological polar surface area (TPSA) is 93.7 Å². The first kappa shape index (κ1) is 20.7. The summed E-state index contributed by atoms with van der Waals surface area (Å²) in [4.78, 5) is 26.6. The number of benzene rings is 2. The SMILES string of the molecule is COc1ccc(C(=O)Nc2nnc(C3CC(=O)N(c4ccc(F)cc4)C3)s2)cc1OC. The van der Waals surface area contributed by atoms with Crippen LogP contribution in [0, 0.1) is 5.82 Å². The molecule has 2 heterocycles. The second-order valence-corrected chi connectivity index (χ2v) is 7.86. The summed E-state index contributed by atoms with van der Waals surface area (Å²) in [5, 5.41) is 11.9. The van der Waals surface area contributed by atoms with Crippen LogP contribution < -0.4 is 19.7 Å². The summed E-state index contributed by atoms with van der Waals surface area (Å²) in [5.41, 5.74) is 1.02. The van der Waals surface area contributed by atoms with Crippen molar-refractivity contribution in [3.05, 3.63) is 58.9 Å². The van der Waals surface area contributed by atoms with Gasteiger partial charge in [0.05, 0.1) is 14.2 Å². The number of rotatable bonds is 6. The van der Waals surface area contributed by atoms with Crippen LogP contribution in [0.25, 0.3) is 0 Å². The van der Waals surface area contributed by atoms with Gasteiger partial charge >= 0.3 is 0 Å². The quantitative estimate of drug-likeness (QED) is 0.628. The Labute approximate surface area is 181 Å². The van der Waals surface area contributed by atoms with Crippen molar-refractivity contribution in [2.75, 3.05) is 31.0 Å². The molecule has 0 aliphatic carbocycles. The molecule has 160 valence electrons. The lowest BCUT2D eigenvalue weighted by Gasteiger charge is -2.16. The van der Waals surface area contributed by atoms with Gasteiger partial charge < -0.3 is 14.4 Å². The van der Waals surface area contributed by atoms with Crippen LogP contribution in [0.3, 0.4) is 0 Å². The highest BCUT2D eigenvalue weighted by atomic mass is 32.1. The van der Waals surface area contributed by atoms with Crippen molar-refractivity contribution in [2.45, 2.75) is 12.3 Å². The smallest absolute Gasteiger partial charge is 0.257 e. The summed E-state index contributed by atoms with van der Waals surface area (Å²) in [7, 11) is 3.01. The predicted octanol–water partition coefficient (Wildman–Crippen LogP) is 3.47. The third kappa shape index (κ3) is 4.33. The molecule has 2 amide bonds. The van der Waals surface area contributed by atoms with Crippen LogP contribution in [0.4, 0.5) is 15.2 Å². The maximum atomic E-state index is 13.2. The molecular formula is C21H19FN4O4S. The second-order valence-electron chi connectivity index (χ2n) is 6.85. The highest BCUT2D eigenvalue weighted by Gasteiger charge is 2.34. The third-order valence-electron chi connectivity index (χ3n) is 4.92. The number of ether oxygens (including phenoxy) is 2. The molecule has 4 rings (SSSR count). The summed E-state index contributed by atoms with van der Waals surface area (Å²) < 4.78 is 23.6. The van der Waals surface area contributed by atoms with E-state index in [0.717, 1.165) is 0 Å². The minimum Gasteiger partial charge on any atom is -0.493 e. The van der Waals surface area contributed by atoms with Gasteiger partial charge in [-0.2, -0.15) is 0 Å². The van der Waals surface area contributed by atoms with Gasteiger partial charge in [-0.1, -0.05) is 11.3 Å². The van der Waals surface area contributed by atoms with E-state index in [-0.39, 0.29) is 30.0 Å². The summed E-state index contributed by atoms with van der Waals surface area (Å²) in [6, 6.07) is 10.6. The van der Waals surface area contributed by atoms with Gasteiger partial charge in [-0.3, -0.25) is 14.9 Å². The van der Waals surface area contributed by atoms with E-state index < -0.39 is 0 Å². The van der Waals surface area contributed by atoms with Gasteiger partial charge in [0.2, 0.25) is 11.0 Å². The third-order valence-corrected chi connectivity index (χ3v) is 5.92. The van der Waals surface area contributed by atoms with Crippen LogP contribution in [0.5, 0.6) is 11.5 Å². The molecule has 3 aromatic rings. The van der Waals surface area contributed by atoms with Crippen molar-refractivity contribution >= 4 is 34.0 Å². The molecule has 1 atom stereocenters. The van der Waals surface area contributed by atoms with E-state index >= 15 is 0 Å². The average molecular weight is 442 g/mol. The van der Waals surface area contributed by atoms with Crippen molar-refractivity contribution in [1.29, 1.82) is 0 Å². The van der Waals surface area contributed by atoms with Crippen LogP contribution in [-0.4, -0.2) is 42.8 Å². The highest BCUT2D eigenvalue weighted by molar-refractivity contribution is 7.15. The minimum atomic E-state index is -0.362. The fourth-order valence-corrected chi connectivity index (χ4v) is 4.17. The summed E-state index contributed by atoms with van der Waals surface area (Å²) in [6.45, 7) is 0.419. The Balaban J connectivity index is 1.44. The van der Waals surface area contributed by atoms with Crippen molar-refractivity contribution in [2.24, 2.45) is 0 Å². The number of anilines is 2. The Hall–Kier alpha value is -3.53. The molecule has 1 aromatic heterocycles. The molecule has 1 saturated heterocycles. The van der Waals surface area contributed by atoms with E-state index in [9.17, 15) is 14.0 Å². The number of carbonyl (C=O) groups is 2. The lowest BCUT2D eigenvalue weighted by atomic mass is 10.1. The Morgan fingerprint density at radius 1 is 1.13 bits per heavy atom. The van der Waals surface area contributed by atoms with Crippen molar-refractivity contribution in [3.63, 3.8) is 0 Å². The fourth-order valence-electron chi connectivity index (χ4n) is 3.34. The summed E-state index contributed by atoms with van der Waals surface area (Å²) >= 11 is 1.22. The minimum absolute atomic E-state index is 0.0669. The zero-order valence-corrected chi connectivity index (χ0v) is 17.6. The maximum absolute atomic E-state index is 13.2. The molecule has 1 N–H and O–H groups in total. The number of aromatic nitrogens is 2. The van der Waals surface area contributed by atoms with Crippen molar-refractivity contribution in [1.82, 2.24) is 10.2 Å². The number of carbonyl (C=O) groups excluding carboxylic acids is 2. The molecule has 0 saturated carbocycles. The number of nitrogens with zero attached hydrogens (tertiary/aromatic N) is 3. The van der Waals surface area contributed by atoms with E-state index in [4.69, 9.17) is 9.47 Å².